The van der Waals surface area contributed by atoms with Crippen molar-refractivity contribution in [1.29, 1.82) is 0 Å². The number of likely N-dealkylation sites (N-methyl/N-ethyl adjacent to an activating group) is 1. The minimum absolute atomic E-state index is 0. The van der Waals surface area contributed by atoms with Gasteiger partial charge in [0.05, 0.1) is 6.21 Å². The van der Waals surface area contributed by atoms with Gasteiger partial charge in [0.2, 0.25) is 5.90 Å². The molecule has 0 saturated carbocycles. The van der Waals surface area contributed by atoms with Crippen LogP contribution in [-0.2, 0) is 28.6 Å². The van der Waals surface area contributed by atoms with Gasteiger partial charge in [-0.1, -0.05) is 91.0 Å². The predicted molar refractivity (Wildman–Crippen MR) is 152 cm³/mol. The molecule has 37 heavy (non-hydrogen) atoms. The zero-order chi connectivity index (χ0) is 25.0. The predicted octanol–water partition coefficient (Wildman–Crippen LogP) is 7.33. The standard InChI is InChI=1S/C32H29N3O.Co/c1-32(23-25-13-7-4-8-14-25)29(21-22-33-34-30(36)20-17-24-11-5-3-6-12-24)35(2)28-19-18-26-15-9-10-16-27(26)31(28)32;/h3-22H,23H2,1-2H3,(H,34,36);/b20-17+,29-21-,33-22+;. The fraction of sp³-hybridized carbons (Fsp3) is 0.125. The van der Waals surface area contributed by atoms with Crippen molar-refractivity contribution in [3.05, 3.63) is 132 Å². The average Bonchev–Trinajstić information content (AvgIpc) is 3.12. The van der Waals surface area contributed by atoms with E-state index in [1.807, 2.05) is 36.4 Å². The molecule has 187 valence electrons. The van der Waals surface area contributed by atoms with Crippen LogP contribution in [0.15, 0.2) is 125 Å². The Labute approximate surface area is 228 Å². The number of nitrogens with zero attached hydrogens (tertiary/aromatic N) is 3. The third-order valence-electron chi connectivity index (χ3n) is 6.83. The summed E-state index contributed by atoms with van der Waals surface area (Å²) in [6, 6.07) is 33.3. The molecule has 0 aliphatic carbocycles. The van der Waals surface area contributed by atoms with E-state index in [0.717, 1.165) is 17.7 Å². The summed E-state index contributed by atoms with van der Waals surface area (Å²) in [6.45, 7) is 2.30. The largest absolute Gasteiger partial charge is 0.492 e. The van der Waals surface area contributed by atoms with Crippen molar-refractivity contribution in [1.82, 2.24) is 0 Å². The van der Waals surface area contributed by atoms with E-state index < -0.39 is 0 Å². The smallest absolute Gasteiger partial charge is 0.230 e. The molecule has 4 aromatic rings. The third-order valence-corrected chi connectivity index (χ3v) is 6.83. The van der Waals surface area contributed by atoms with Crippen LogP contribution in [0.2, 0.25) is 0 Å². The van der Waals surface area contributed by atoms with Gasteiger partial charge in [-0.15, -0.1) is 5.10 Å². The molecule has 5 rings (SSSR count). The van der Waals surface area contributed by atoms with E-state index in [1.165, 1.54) is 27.6 Å². The van der Waals surface area contributed by atoms with Crippen LogP contribution < -0.4 is 4.90 Å². The minimum Gasteiger partial charge on any atom is -0.492 e. The Morgan fingerprint density at radius 3 is 2.32 bits per heavy atom. The van der Waals surface area contributed by atoms with Crippen molar-refractivity contribution in [3.8, 4) is 0 Å². The van der Waals surface area contributed by atoms with Crippen LogP contribution in [0.5, 0.6) is 0 Å². The molecule has 1 aliphatic rings. The van der Waals surface area contributed by atoms with Crippen LogP contribution in [-0.4, -0.2) is 24.3 Å². The van der Waals surface area contributed by atoms with Crippen LogP contribution in [0, 0.1) is 0 Å². The fourth-order valence-corrected chi connectivity index (χ4v) is 5.19. The van der Waals surface area contributed by atoms with Crippen LogP contribution in [0.3, 0.4) is 0 Å². The number of fused-ring (bicyclic) bond motifs is 3. The van der Waals surface area contributed by atoms with Gasteiger partial charge in [-0.05, 0) is 59.0 Å². The summed E-state index contributed by atoms with van der Waals surface area (Å²) in [5.41, 5.74) is 5.65. The van der Waals surface area contributed by atoms with Crippen LogP contribution in [0.25, 0.3) is 16.8 Å². The maximum Gasteiger partial charge on any atom is 0.230 e. The van der Waals surface area contributed by atoms with Crippen LogP contribution >= 0.6 is 0 Å². The van der Waals surface area contributed by atoms with Crippen LogP contribution in [0.4, 0.5) is 5.69 Å². The quantitative estimate of drug-likeness (QED) is 0.161. The Kier molecular flexibility index (Phi) is 8.06. The second-order valence-corrected chi connectivity index (χ2v) is 9.25. The molecule has 1 heterocycles. The van der Waals surface area contributed by atoms with Crippen molar-refractivity contribution in [2.75, 3.05) is 11.9 Å². The molecule has 5 heteroatoms. The van der Waals surface area contributed by atoms with Gasteiger partial charge in [-0.25, -0.2) is 0 Å². The Balaban J connectivity index is 0.00000320. The van der Waals surface area contributed by atoms with Crippen molar-refractivity contribution in [2.24, 2.45) is 10.2 Å². The van der Waals surface area contributed by atoms with E-state index in [2.05, 4.69) is 95.8 Å². The minimum atomic E-state index is -0.267. The number of hydrogen-bond acceptors (Lipinski definition) is 3. The number of allylic oxidation sites excluding steroid dienone is 2. The molecule has 0 spiro atoms. The van der Waals surface area contributed by atoms with E-state index in [4.69, 9.17) is 0 Å². The Hall–Kier alpha value is -3.93. The van der Waals surface area contributed by atoms with Gasteiger partial charge >= 0.3 is 0 Å². The third kappa shape index (κ3) is 5.43. The molecule has 0 amide bonds. The summed E-state index contributed by atoms with van der Waals surface area (Å²) in [5.74, 6) is -0.144. The summed E-state index contributed by atoms with van der Waals surface area (Å²) in [5, 5.41) is 20.7. The van der Waals surface area contributed by atoms with Gasteiger partial charge < -0.3 is 10.0 Å². The van der Waals surface area contributed by atoms with E-state index in [-0.39, 0.29) is 28.1 Å². The zero-order valence-corrected chi connectivity index (χ0v) is 21.9. The van der Waals surface area contributed by atoms with Crippen molar-refractivity contribution in [2.45, 2.75) is 18.8 Å². The molecular weight excluding hydrogens is 501 g/mol. The number of benzene rings is 4. The van der Waals surface area contributed by atoms with Gasteiger partial charge in [0.25, 0.3) is 0 Å². The molecule has 1 aliphatic heterocycles. The summed E-state index contributed by atoms with van der Waals surface area (Å²) < 4.78 is 0. The van der Waals surface area contributed by atoms with Crippen LogP contribution in [0.1, 0.15) is 23.6 Å². The molecule has 0 bridgehead atoms. The molecule has 0 saturated heterocycles. The fourth-order valence-electron chi connectivity index (χ4n) is 5.19. The molecule has 1 N–H and O–H groups in total. The maximum absolute atomic E-state index is 10.1. The first-order valence-electron chi connectivity index (χ1n) is 12.1. The van der Waals surface area contributed by atoms with Crippen molar-refractivity contribution >= 4 is 34.6 Å². The van der Waals surface area contributed by atoms with Crippen molar-refractivity contribution < 1.29 is 21.9 Å². The number of hydrogen-bond donors (Lipinski definition) is 1. The van der Waals surface area contributed by atoms with Gasteiger partial charge in [-0.2, -0.15) is 5.10 Å². The topological polar surface area (TPSA) is 48.2 Å². The first-order valence-corrected chi connectivity index (χ1v) is 12.1. The SMILES string of the molecule is CN1\C(=C/C=N/N=C(O)/C=C/c2ccccc2)C(C)(Cc2ccccc2)c2c1ccc1ccccc21.[Co]. The maximum atomic E-state index is 10.1. The summed E-state index contributed by atoms with van der Waals surface area (Å²) in [7, 11) is 2.10. The number of aliphatic hydroxyl groups is 1. The van der Waals surface area contributed by atoms with Gasteiger partial charge in [-0.3, -0.25) is 0 Å². The Bertz CT molecular complexity index is 1490. The Morgan fingerprint density at radius 2 is 1.57 bits per heavy atom. The Morgan fingerprint density at radius 1 is 0.892 bits per heavy atom. The molecule has 1 atom stereocenters. The number of anilines is 1. The van der Waals surface area contributed by atoms with E-state index >= 15 is 0 Å². The molecule has 1 radical (unpaired) electrons. The molecule has 0 fully saturated rings. The first-order chi connectivity index (χ1) is 17.6. The second kappa shape index (κ2) is 11.4. The molecule has 4 nitrogen and oxygen atoms in total. The van der Waals surface area contributed by atoms with E-state index in [1.54, 1.807) is 18.4 Å². The normalized spacial score (nSPS) is 18.6. The monoisotopic (exact) mass is 530 g/mol. The molecule has 1 unspecified atom stereocenters. The molecule has 4 aromatic carbocycles. The van der Waals surface area contributed by atoms with Crippen molar-refractivity contribution in [3.63, 3.8) is 0 Å². The summed E-state index contributed by atoms with van der Waals surface area (Å²) in [6.07, 6.45) is 7.87. The zero-order valence-electron chi connectivity index (χ0n) is 20.9. The number of rotatable bonds is 6. The van der Waals surface area contributed by atoms with Gasteiger partial charge in [0.15, 0.2) is 0 Å². The molecule has 0 aromatic heterocycles. The molecular formula is C32H29CoN3O. The summed E-state index contributed by atoms with van der Waals surface area (Å²) >= 11 is 0. The van der Waals surface area contributed by atoms with E-state index in [0.29, 0.717) is 0 Å². The first kappa shape index (κ1) is 26.1. The van der Waals surface area contributed by atoms with Gasteiger partial charge in [0.1, 0.15) is 0 Å². The summed E-state index contributed by atoms with van der Waals surface area (Å²) in [4.78, 5) is 2.25. The second-order valence-electron chi connectivity index (χ2n) is 9.25. The van der Waals surface area contributed by atoms with Gasteiger partial charge in [0, 0.05) is 46.7 Å². The van der Waals surface area contributed by atoms with E-state index in [9.17, 15) is 5.11 Å². The number of aliphatic hydroxyl groups excluding tert-OH is 1. The average molecular weight is 531 g/mol.